The van der Waals surface area contributed by atoms with Gasteiger partial charge in [0.25, 0.3) is 0 Å². The number of carboxylic acids is 2. The standard InChI is InChI=1S/C15H26O4.2C4H8O2/c16-14-10-8-6-4-2-1-3-5-7-9-11-15(17)19-13-12-18-14;2*1-2-3-4(5)6/h1-13H2;2*2-3H2,1H3,(H,5,6). The van der Waals surface area contributed by atoms with Crippen LogP contribution in [0, 0.1) is 0 Å². The molecule has 2 N–H and O–H groups in total. The van der Waals surface area contributed by atoms with Crippen molar-refractivity contribution in [3.8, 4) is 0 Å². The summed E-state index contributed by atoms with van der Waals surface area (Å²) in [6.07, 6.45) is 13.2. The molecule has 0 saturated carbocycles. The third kappa shape index (κ3) is 30.2. The van der Waals surface area contributed by atoms with Crippen LogP contribution < -0.4 is 0 Å². The summed E-state index contributed by atoms with van der Waals surface area (Å²) in [5, 5.41) is 15.8. The summed E-state index contributed by atoms with van der Waals surface area (Å²) < 4.78 is 10.00. The highest BCUT2D eigenvalue weighted by Crippen LogP contribution is 2.12. The summed E-state index contributed by atoms with van der Waals surface area (Å²) in [6.45, 7) is 4.05. The van der Waals surface area contributed by atoms with Gasteiger partial charge in [0.15, 0.2) is 0 Å². The number of hydrogen-bond donors (Lipinski definition) is 2. The van der Waals surface area contributed by atoms with Crippen molar-refractivity contribution in [1.29, 1.82) is 0 Å². The van der Waals surface area contributed by atoms with E-state index in [1.807, 2.05) is 13.8 Å². The van der Waals surface area contributed by atoms with Gasteiger partial charge in [0, 0.05) is 25.7 Å². The van der Waals surface area contributed by atoms with E-state index in [2.05, 4.69) is 0 Å². The average Bonchev–Trinajstić information content (AvgIpc) is 2.70. The van der Waals surface area contributed by atoms with Crippen molar-refractivity contribution < 1.29 is 38.9 Å². The van der Waals surface area contributed by atoms with Crippen LogP contribution in [0.15, 0.2) is 0 Å². The lowest BCUT2D eigenvalue weighted by atomic mass is 10.1. The Morgan fingerprint density at radius 2 is 0.935 bits per heavy atom. The first kappa shape index (κ1) is 31.1. The van der Waals surface area contributed by atoms with E-state index in [0.717, 1.165) is 38.5 Å². The molecule has 182 valence electrons. The van der Waals surface area contributed by atoms with Crippen LogP contribution >= 0.6 is 0 Å². The Balaban J connectivity index is 0. The van der Waals surface area contributed by atoms with Gasteiger partial charge < -0.3 is 19.7 Å². The van der Waals surface area contributed by atoms with Gasteiger partial charge in [-0.05, 0) is 25.7 Å². The van der Waals surface area contributed by atoms with Crippen LogP contribution in [-0.2, 0) is 28.7 Å². The second kappa shape index (κ2) is 24.2. The first-order valence-corrected chi connectivity index (χ1v) is 11.6. The maximum atomic E-state index is 11.3. The third-order valence-corrected chi connectivity index (χ3v) is 4.30. The molecule has 0 aliphatic carbocycles. The van der Waals surface area contributed by atoms with E-state index in [4.69, 9.17) is 19.7 Å². The lowest BCUT2D eigenvalue weighted by Gasteiger charge is -2.06. The fourth-order valence-electron chi connectivity index (χ4n) is 2.66. The van der Waals surface area contributed by atoms with E-state index >= 15 is 0 Å². The number of carboxylic acid groups (broad SMARTS) is 2. The number of rotatable bonds is 4. The minimum atomic E-state index is -0.711. The molecule has 31 heavy (non-hydrogen) atoms. The summed E-state index contributed by atoms with van der Waals surface area (Å²) in [6, 6.07) is 0. The predicted molar refractivity (Wildman–Crippen MR) is 118 cm³/mol. The summed E-state index contributed by atoms with van der Waals surface area (Å²) >= 11 is 0. The van der Waals surface area contributed by atoms with Gasteiger partial charge in [0.1, 0.15) is 13.2 Å². The highest BCUT2D eigenvalue weighted by Gasteiger charge is 2.06. The van der Waals surface area contributed by atoms with Gasteiger partial charge in [-0.3, -0.25) is 19.2 Å². The lowest BCUT2D eigenvalue weighted by molar-refractivity contribution is -0.152. The second-order valence-electron chi connectivity index (χ2n) is 7.41. The Hall–Kier alpha value is -2.12. The zero-order valence-electron chi connectivity index (χ0n) is 19.4. The normalized spacial score (nSPS) is 16.7. The molecule has 1 fully saturated rings. The van der Waals surface area contributed by atoms with Crippen LogP contribution in [0.5, 0.6) is 0 Å². The number of carbonyl (C=O) groups excluding carboxylic acids is 2. The van der Waals surface area contributed by atoms with Gasteiger partial charge >= 0.3 is 23.9 Å². The number of cyclic esters (lactones) is 2. The molecule has 0 aromatic rings. The molecule has 0 spiro atoms. The van der Waals surface area contributed by atoms with Gasteiger partial charge in [-0.1, -0.05) is 58.8 Å². The van der Waals surface area contributed by atoms with Crippen molar-refractivity contribution in [3.63, 3.8) is 0 Å². The first-order chi connectivity index (χ1) is 14.8. The van der Waals surface area contributed by atoms with E-state index in [1.165, 1.54) is 32.1 Å². The number of aliphatic carboxylic acids is 2. The molecule has 0 atom stereocenters. The van der Waals surface area contributed by atoms with E-state index < -0.39 is 11.9 Å². The molecule has 0 aromatic carbocycles. The van der Waals surface area contributed by atoms with Gasteiger partial charge in [0.05, 0.1) is 0 Å². The molecule has 0 unspecified atom stereocenters. The summed E-state index contributed by atoms with van der Waals surface area (Å²) in [5.74, 6) is -1.78. The van der Waals surface area contributed by atoms with Gasteiger partial charge in [-0.25, -0.2) is 0 Å². The molecule has 1 rings (SSSR count). The monoisotopic (exact) mass is 446 g/mol. The fraction of sp³-hybridized carbons (Fsp3) is 0.826. The van der Waals surface area contributed by atoms with Crippen LogP contribution in [0.1, 0.15) is 110 Å². The van der Waals surface area contributed by atoms with Crippen LogP contribution in [0.4, 0.5) is 0 Å². The van der Waals surface area contributed by atoms with Crippen molar-refractivity contribution in [3.05, 3.63) is 0 Å². The molecule has 0 aromatic heterocycles. The number of hydrogen-bond acceptors (Lipinski definition) is 6. The van der Waals surface area contributed by atoms with Crippen molar-refractivity contribution in [2.24, 2.45) is 0 Å². The summed E-state index contributed by atoms with van der Waals surface area (Å²) in [7, 11) is 0. The number of ether oxygens (including phenoxy) is 2. The average molecular weight is 447 g/mol. The van der Waals surface area contributed by atoms with Crippen molar-refractivity contribution >= 4 is 23.9 Å². The molecule has 1 heterocycles. The van der Waals surface area contributed by atoms with E-state index in [0.29, 0.717) is 25.7 Å². The molecule has 1 aliphatic heterocycles. The molecule has 0 radical (unpaired) electrons. The van der Waals surface area contributed by atoms with Crippen LogP contribution in [0.2, 0.25) is 0 Å². The highest BCUT2D eigenvalue weighted by molar-refractivity contribution is 5.70. The Morgan fingerprint density at radius 3 is 1.16 bits per heavy atom. The van der Waals surface area contributed by atoms with E-state index in [1.54, 1.807) is 0 Å². The van der Waals surface area contributed by atoms with Crippen LogP contribution in [0.3, 0.4) is 0 Å². The largest absolute Gasteiger partial charge is 0.481 e. The smallest absolute Gasteiger partial charge is 0.305 e. The van der Waals surface area contributed by atoms with E-state index in [9.17, 15) is 19.2 Å². The van der Waals surface area contributed by atoms with Crippen LogP contribution in [-0.4, -0.2) is 47.3 Å². The molecular formula is C23H42O8. The molecule has 1 aliphatic rings. The molecule has 8 nitrogen and oxygen atoms in total. The number of esters is 2. The zero-order valence-corrected chi connectivity index (χ0v) is 19.4. The third-order valence-electron chi connectivity index (χ3n) is 4.30. The Kier molecular flexibility index (Phi) is 24.2. The number of carbonyl (C=O) groups is 4. The molecule has 1 saturated heterocycles. The molecule has 8 heteroatoms. The summed E-state index contributed by atoms with van der Waals surface area (Å²) in [4.78, 5) is 41.9. The SMILES string of the molecule is CCCC(=O)O.CCCC(=O)O.O=C1CCCCCCCCCCCC(=O)OCCO1. The Labute approximate surface area is 186 Å². The zero-order chi connectivity index (χ0) is 23.7. The quantitative estimate of drug-likeness (QED) is 0.570. The van der Waals surface area contributed by atoms with Crippen LogP contribution in [0.25, 0.3) is 0 Å². The molecular weight excluding hydrogens is 404 g/mol. The minimum Gasteiger partial charge on any atom is -0.481 e. The van der Waals surface area contributed by atoms with E-state index in [-0.39, 0.29) is 25.2 Å². The van der Waals surface area contributed by atoms with Gasteiger partial charge in [-0.2, -0.15) is 0 Å². The summed E-state index contributed by atoms with van der Waals surface area (Å²) in [5.41, 5.74) is 0. The Bertz CT molecular complexity index is 434. The fourth-order valence-corrected chi connectivity index (χ4v) is 2.66. The van der Waals surface area contributed by atoms with Gasteiger partial charge in [0.2, 0.25) is 0 Å². The minimum absolute atomic E-state index is 0.180. The molecule has 0 amide bonds. The lowest BCUT2D eigenvalue weighted by Crippen LogP contribution is -2.13. The predicted octanol–water partition coefficient (Wildman–Crippen LogP) is 5.12. The van der Waals surface area contributed by atoms with Crippen molar-refractivity contribution in [2.45, 2.75) is 110 Å². The molecule has 0 bridgehead atoms. The topological polar surface area (TPSA) is 127 Å². The van der Waals surface area contributed by atoms with Gasteiger partial charge in [-0.15, -0.1) is 0 Å². The second-order valence-corrected chi connectivity index (χ2v) is 7.41. The van der Waals surface area contributed by atoms with Crippen molar-refractivity contribution in [2.75, 3.05) is 13.2 Å². The van der Waals surface area contributed by atoms with Crippen molar-refractivity contribution in [1.82, 2.24) is 0 Å². The maximum Gasteiger partial charge on any atom is 0.305 e. The maximum absolute atomic E-state index is 11.3. The first-order valence-electron chi connectivity index (χ1n) is 11.6. The Morgan fingerprint density at radius 1 is 0.645 bits per heavy atom. The highest BCUT2D eigenvalue weighted by atomic mass is 16.6.